The monoisotopic (exact) mass is 279 g/mol. The van der Waals surface area contributed by atoms with E-state index in [0.29, 0.717) is 6.04 Å². The fourth-order valence-corrected chi connectivity index (χ4v) is 2.66. The lowest BCUT2D eigenvalue weighted by Gasteiger charge is -2.19. The molecule has 0 aromatic carbocycles. The zero-order valence-corrected chi connectivity index (χ0v) is 13.2. The minimum absolute atomic E-state index is 0.595. The van der Waals surface area contributed by atoms with Crippen LogP contribution < -0.4 is 5.32 Å². The molecule has 4 nitrogen and oxygen atoms in total. The molecule has 1 saturated carbocycles. The van der Waals surface area contributed by atoms with Crippen LogP contribution in [0, 0.1) is 12.8 Å². The molecule has 114 valence electrons. The second-order valence-electron chi connectivity index (χ2n) is 5.83. The molecule has 1 N–H and O–H groups in total. The SMILES string of the molecule is CCOCCCNc1nc(C)cn1C(CC)CC1CC1. The number of nitrogens with zero attached hydrogens (tertiary/aromatic N) is 2. The lowest BCUT2D eigenvalue weighted by atomic mass is 10.1. The van der Waals surface area contributed by atoms with Gasteiger partial charge in [-0.15, -0.1) is 0 Å². The number of rotatable bonds is 10. The van der Waals surface area contributed by atoms with Crippen LogP contribution in [0.3, 0.4) is 0 Å². The average Bonchev–Trinajstić information content (AvgIpc) is 3.18. The molecule has 1 aromatic rings. The van der Waals surface area contributed by atoms with Gasteiger partial charge in [-0.2, -0.15) is 0 Å². The van der Waals surface area contributed by atoms with Gasteiger partial charge in [0.05, 0.1) is 5.69 Å². The molecule has 1 heterocycles. The molecule has 20 heavy (non-hydrogen) atoms. The van der Waals surface area contributed by atoms with Gasteiger partial charge < -0.3 is 14.6 Å². The Hall–Kier alpha value is -1.03. The highest BCUT2D eigenvalue weighted by molar-refractivity contribution is 5.29. The maximum absolute atomic E-state index is 5.37. The lowest BCUT2D eigenvalue weighted by molar-refractivity contribution is 0.147. The predicted molar refractivity (Wildman–Crippen MR) is 83.2 cm³/mol. The average molecular weight is 279 g/mol. The van der Waals surface area contributed by atoms with Crippen molar-refractivity contribution in [3.63, 3.8) is 0 Å². The smallest absolute Gasteiger partial charge is 0.203 e. The summed E-state index contributed by atoms with van der Waals surface area (Å²) in [7, 11) is 0. The van der Waals surface area contributed by atoms with E-state index in [9.17, 15) is 0 Å². The molecule has 1 unspecified atom stereocenters. The molecule has 1 aliphatic carbocycles. The molecule has 2 rings (SSSR count). The van der Waals surface area contributed by atoms with Crippen LogP contribution in [0.15, 0.2) is 6.20 Å². The molecule has 1 aliphatic rings. The second-order valence-corrected chi connectivity index (χ2v) is 5.83. The van der Waals surface area contributed by atoms with Gasteiger partial charge in [0.1, 0.15) is 0 Å². The zero-order valence-electron chi connectivity index (χ0n) is 13.2. The molecule has 1 atom stereocenters. The van der Waals surface area contributed by atoms with Gasteiger partial charge in [0, 0.05) is 32.0 Å². The highest BCUT2D eigenvalue weighted by Gasteiger charge is 2.26. The van der Waals surface area contributed by atoms with E-state index in [1.807, 2.05) is 6.92 Å². The molecular weight excluding hydrogens is 250 g/mol. The minimum Gasteiger partial charge on any atom is -0.382 e. The zero-order chi connectivity index (χ0) is 14.4. The van der Waals surface area contributed by atoms with E-state index in [1.54, 1.807) is 0 Å². The molecule has 0 bridgehead atoms. The predicted octanol–water partition coefficient (Wildman–Crippen LogP) is 3.78. The van der Waals surface area contributed by atoms with Crippen LogP contribution in [0.2, 0.25) is 0 Å². The van der Waals surface area contributed by atoms with Crippen molar-refractivity contribution in [2.24, 2.45) is 5.92 Å². The van der Waals surface area contributed by atoms with Gasteiger partial charge in [0.15, 0.2) is 0 Å². The first-order chi connectivity index (χ1) is 9.74. The number of aryl methyl sites for hydroxylation is 1. The maximum Gasteiger partial charge on any atom is 0.203 e. The van der Waals surface area contributed by atoms with Crippen molar-refractivity contribution in [3.05, 3.63) is 11.9 Å². The van der Waals surface area contributed by atoms with Crippen LogP contribution in [0.4, 0.5) is 5.95 Å². The summed E-state index contributed by atoms with van der Waals surface area (Å²) >= 11 is 0. The molecule has 1 fully saturated rings. The van der Waals surface area contributed by atoms with Gasteiger partial charge in [-0.25, -0.2) is 4.98 Å². The van der Waals surface area contributed by atoms with Crippen molar-refractivity contribution in [1.82, 2.24) is 9.55 Å². The Morgan fingerprint density at radius 2 is 2.25 bits per heavy atom. The molecular formula is C16H29N3O. The van der Waals surface area contributed by atoms with Crippen molar-refractivity contribution in [1.29, 1.82) is 0 Å². The minimum atomic E-state index is 0.595. The summed E-state index contributed by atoms with van der Waals surface area (Å²) in [6.45, 7) is 8.94. The Morgan fingerprint density at radius 1 is 1.45 bits per heavy atom. The van der Waals surface area contributed by atoms with Crippen LogP contribution in [0.1, 0.15) is 57.7 Å². The standard InChI is InChI=1S/C16H29N3O/c1-4-15(11-14-7-8-14)19-12-13(3)18-16(19)17-9-6-10-20-5-2/h12,14-15H,4-11H2,1-3H3,(H,17,18). The van der Waals surface area contributed by atoms with Crippen LogP contribution in [-0.4, -0.2) is 29.3 Å². The summed E-state index contributed by atoms with van der Waals surface area (Å²) < 4.78 is 7.72. The van der Waals surface area contributed by atoms with Crippen molar-refractivity contribution in [3.8, 4) is 0 Å². The molecule has 0 saturated heterocycles. The highest BCUT2D eigenvalue weighted by atomic mass is 16.5. The fourth-order valence-electron chi connectivity index (χ4n) is 2.66. The van der Waals surface area contributed by atoms with E-state index in [-0.39, 0.29) is 0 Å². The Balaban J connectivity index is 1.89. The number of ether oxygens (including phenoxy) is 1. The molecule has 0 radical (unpaired) electrons. The largest absolute Gasteiger partial charge is 0.382 e. The Morgan fingerprint density at radius 3 is 2.90 bits per heavy atom. The third kappa shape index (κ3) is 4.51. The molecule has 0 amide bonds. The molecule has 0 spiro atoms. The van der Waals surface area contributed by atoms with Gasteiger partial charge in [0.2, 0.25) is 5.95 Å². The summed E-state index contributed by atoms with van der Waals surface area (Å²) in [6, 6.07) is 0.595. The normalized spacial score (nSPS) is 16.4. The first kappa shape index (κ1) is 15.4. The molecule has 0 aliphatic heterocycles. The maximum atomic E-state index is 5.37. The van der Waals surface area contributed by atoms with Gasteiger partial charge >= 0.3 is 0 Å². The van der Waals surface area contributed by atoms with Crippen LogP contribution in [0.5, 0.6) is 0 Å². The van der Waals surface area contributed by atoms with E-state index in [0.717, 1.165) is 43.7 Å². The number of hydrogen-bond donors (Lipinski definition) is 1. The van der Waals surface area contributed by atoms with E-state index < -0.39 is 0 Å². The number of anilines is 1. The van der Waals surface area contributed by atoms with Crippen LogP contribution >= 0.6 is 0 Å². The van der Waals surface area contributed by atoms with Crippen molar-refractivity contribution < 1.29 is 4.74 Å². The molecule has 4 heteroatoms. The summed E-state index contributed by atoms with van der Waals surface area (Å²) in [5.74, 6) is 1.99. The first-order valence-electron chi connectivity index (χ1n) is 8.11. The van der Waals surface area contributed by atoms with E-state index in [2.05, 4.69) is 34.9 Å². The summed E-state index contributed by atoms with van der Waals surface area (Å²) in [4.78, 5) is 4.64. The Bertz CT molecular complexity index is 398. The number of hydrogen-bond acceptors (Lipinski definition) is 3. The van der Waals surface area contributed by atoms with Gasteiger partial charge in [-0.3, -0.25) is 0 Å². The first-order valence-corrected chi connectivity index (χ1v) is 8.11. The topological polar surface area (TPSA) is 39.1 Å². The van der Waals surface area contributed by atoms with Crippen LogP contribution in [0.25, 0.3) is 0 Å². The van der Waals surface area contributed by atoms with Gasteiger partial charge in [0.25, 0.3) is 0 Å². The number of aromatic nitrogens is 2. The second kappa shape index (κ2) is 7.67. The lowest BCUT2D eigenvalue weighted by Crippen LogP contribution is -2.14. The van der Waals surface area contributed by atoms with Crippen molar-refractivity contribution in [2.45, 2.75) is 58.9 Å². The van der Waals surface area contributed by atoms with E-state index in [4.69, 9.17) is 4.74 Å². The van der Waals surface area contributed by atoms with E-state index >= 15 is 0 Å². The van der Waals surface area contributed by atoms with Gasteiger partial charge in [-0.05, 0) is 39.0 Å². The summed E-state index contributed by atoms with van der Waals surface area (Å²) in [5, 5.41) is 3.47. The van der Waals surface area contributed by atoms with Crippen molar-refractivity contribution in [2.75, 3.05) is 25.1 Å². The summed E-state index contributed by atoms with van der Waals surface area (Å²) in [5.41, 5.74) is 1.10. The fraction of sp³-hybridized carbons (Fsp3) is 0.812. The number of imidazole rings is 1. The summed E-state index contributed by atoms with van der Waals surface area (Å²) in [6.07, 6.45) is 8.54. The number of nitrogens with one attached hydrogen (secondary N) is 1. The van der Waals surface area contributed by atoms with E-state index in [1.165, 1.54) is 25.7 Å². The van der Waals surface area contributed by atoms with Gasteiger partial charge in [-0.1, -0.05) is 19.8 Å². The Kier molecular flexibility index (Phi) is 5.89. The highest BCUT2D eigenvalue weighted by Crippen LogP contribution is 2.38. The third-order valence-corrected chi connectivity index (χ3v) is 3.97. The third-order valence-electron chi connectivity index (χ3n) is 3.97. The quantitative estimate of drug-likeness (QED) is 0.662. The molecule has 1 aromatic heterocycles. The van der Waals surface area contributed by atoms with Crippen LogP contribution in [-0.2, 0) is 4.74 Å². The Labute approximate surface area is 122 Å². The van der Waals surface area contributed by atoms with Crippen molar-refractivity contribution >= 4 is 5.95 Å².